The summed E-state index contributed by atoms with van der Waals surface area (Å²) in [4.78, 5) is 12.8. The van der Waals surface area contributed by atoms with E-state index in [9.17, 15) is 9.36 Å². The Morgan fingerprint density at radius 2 is 1.27 bits per heavy atom. The molecule has 0 N–H and O–H groups in total. The molecule has 0 aromatic rings. The topological polar surface area (TPSA) is 52.6 Å². The lowest BCUT2D eigenvalue weighted by Crippen LogP contribution is -2.27. The zero-order valence-corrected chi connectivity index (χ0v) is 15.7. The Morgan fingerprint density at radius 3 is 1.55 bits per heavy atom. The van der Waals surface area contributed by atoms with E-state index in [0.717, 1.165) is 0 Å². The van der Waals surface area contributed by atoms with Crippen molar-refractivity contribution in [2.75, 3.05) is 14.2 Å². The normalized spacial score (nSPS) is 17.3. The molecule has 0 unspecified atom stereocenters. The fraction of sp³-hybridized carbons (Fsp3) is 0.588. The molecular formula is C17H27O4P. The molecule has 0 heterocycles. The van der Waals surface area contributed by atoms with Gasteiger partial charge in [0.1, 0.15) is 0 Å². The SMILES string of the molecule is COP(=O)(C=C1C=C(C(C)(C)C)C(=O)C(C(C)(C)C)=C1)OC. The van der Waals surface area contributed by atoms with E-state index in [1.54, 1.807) is 12.2 Å². The second-order valence-corrected chi connectivity index (χ2v) is 9.55. The first-order valence-electron chi connectivity index (χ1n) is 7.27. The van der Waals surface area contributed by atoms with Gasteiger partial charge in [-0.25, -0.2) is 0 Å². The minimum Gasteiger partial charge on any atom is -0.309 e. The predicted octanol–water partition coefficient (Wildman–Crippen LogP) is 4.88. The van der Waals surface area contributed by atoms with Gasteiger partial charge in [-0.3, -0.25) is 9.36 Å². The number of hydrogen-bond donors (Lipinski definition) is 0. The van der Waals surface area contributed by atoms with Crippen LogP contribution in [0, 0.1) is 10.8 Å². The molecule has 124 valence electrons. The number of carbonyl (C=O) groups excluding carboxylic acids is 1. The van der Waals surface area contributed by atoms with Crippen LogP contribution in [0.3, 0.4) is 0 Å². The van der Waals surface area contributed by atoms with Crippen LogP contribution in [0.15, 0.2) is 34.7 Å². The second kappa shape index (κ2) is 6.27. The van der Waals surface area contributed by atoms with Crippen LogP contribution in [-0.4, -0.2) is 20.0 Å². The average Bonchev–Trinajstić information content (AvgIpc) is 2.37. The zero-order valence-electron chi connectivity index (χ0n) is 14.8. The van der Waals surface area contributed by atoms with E-state index in [-0.39, 0.29) is 16.6 Å². The predicted molar refractivity (Wildman–Crippen MR) is 89.8 cm³/mol. The second-order valence-electron chi connectivity index (χ2n) is 7.48. The van der Waals surface area contributed by atoms with E-state index in [1.165, 1.54) is 20.0 Å². The lowest BCUT2D eigenvalue weighted by molar-refractivity contribution is -0.114. The zero-order chi connectivity index (χ0) is 17.3. The van der Waals surface area contributed by atoms with Crippen molar-refractivity contribution in [3.05, 3.63) is 34.7 Å². The maximum Gasteiger partial charge on any atom is 0.354 e. The monoisotopic (exact) mass is 326 g/mol. The number of hydrogen-bond acceptors (Lipinski definition) is 4. The molecule has 22 heavy (non-hydrogen) atoms. The Labute approximate surface area is 133 Å². The Morgan fingerprint density at radius 1 is 0.909 bits per heavy atom. The minimum absolute atomic E-state index is 0.0433. The first-order valence-corrected chi connectivity index (χ1v) is 8.88. The molecule has 0 radical (unpaired) electrons. The maximum atomic E-state index is 12.8. The summed E-state index contributed by atoms with van der Waals surface area (Å²) < 4.78 is 22.3. The largest absolute Gasteiger partial charge is 0.354 e. The lowest BCUT2D eigenvalue weighted by Gasteiger charge is -2.31. The standard InChI is InChI=1S/C17H27O4P/c1-16(2,3)13-9-12(11-22(19,20-7)21-8)10-14(15(13)18)17(4,5)6/h9-11H,1-8H3. The molecule has 5 heteroatoms. The Bertz CT molecular complexity index is 551. The number of Topliss-reactive ketones (excluding diaryl/α,β-unsaturated/α-hetero) is 1. The molecule has 0 aromatic heterocycles. The summed E-state index contributed by atoms with van der Waals surface area (Å²) in [6.45, 7) is 12.0. The molecule has 0 aliphatic heterocycles. The van der Waals surface area contributed by atoms with Gasteiger partial charge in [0.2, 0.25) is 0 Å². The Hall–Kier alpha value is -0.960. The summed E-state index contributed by atoms with van der Waals surface area (Å²) in [5.74, 6) is 1.51. The molecule has 0 atom stereocenters. The Kier molecular flexibility index (Phi) is 5.44. The van der Waals surface area contributed by atoms with Gasteiger partial charge >= 0.3 is 7.60 Å². The van der Waals surface area contributed by atoms with Gasteiger partial charge in [-0.2, -0.15) is 0 Å². The van der Waals surface area contributed by atoms with Crippen LogP contribution in [0.5, 0.6) is 0 Å². The van der Waals surface area contributed by atoms with Crippen LogP contribution in [0.2, 0.25) is 0 Å². The van der Waals surface area contributed by atoms with Crippen LogP contribution < -0.4 is 0 Å². The number of rotatable bonds is 3. The first-order chi connectivity index (χ1) is 9.84. The van der Waals surface area contributed by atoms with Crippen molar-refractivity contribution in [3.8, 4) is 0 Å². The molecule has 0 saturated heterocycles. The highest BCUT2D eigenvalue weighted by Gasteiger charge is 2.34. The molecule has 0 fully saturated rings. The van der Waals surface area contributed by atoms with Crippen LogP contribution in [-0.2, 0) is 18.4 Å². The van der Waals surface area contributed by atoms with Gasteiger partial charge < -0.3 is 9.05 Å². The van der Waals surface area contributed by atoms with E-state index in [1.807, 2.05) is 41.5 Å². The molecular weight excluding hydrogens is 299 g/mol. The number of carbonyl (C=O) groups is 1. The van der Waals surface area contributed by atoms with Gasteiger partial charge in [-0.1, -0.05) is 41.5 Å². The quantitative estimate of drug-likeness (QED) is 0.693. The third-order valence-electron chi connectivity index (χ3n) is 3.54. The van der Waals surface area contributed by atoms with Crippen molar-refractivity contribution in [3.63, 3.8) is 0 Å². The van der Waals surface area contributed by atoms with Crippen molar-refractivity contribution >= 4 is 13.4 Å². The molecule has 0 spiro atoms. The Balaban J connectivity index is 3.52. The highest BCUT2D eigenvalue weighted by Crippen LogP contribution is 2.50. The minimum atomic E-state index is -3.29. The molecule has 1 rings (SSSR count). The summed E-state index contributed by atoms with van der Waals surface area (Å²) in [5.41, 5.74) is 1.48. The van der Waals surface area contributed by atoms with E-state index in [2.05, 4.69) is 0 Å². The summed E-state index contributed by atoms with van der Waals surface area (Å²) in [7, 11) is -0.599. The van der Waals surface area contributed by atoms with Gasteiger partial charge in [0.25, 0.3) is 0 Å². The summed E-state index contributed by atoms with van der Waals surface area (Å²) in [6.07, 6.45) is 3.56. The lowest BCUT2D eigenvalue weighted by atomic mass is 9.72. The van der Waals surface area contributed by atoms with E-state index >= 15 is 0 Å². The van der Waals surface area contributed by atoms with Gasteiger partial charge in [0.15, 0.2) is 5.78 Å². The summed E-state index contributed by atoms with van der Waals surface area (Å²) in [6, 6.07) is 0. The highest BCUT2D eigenvalue weighted by molar-refractivity contribution is 7.57. The van der Waals surface area contributed by atoms with E-state index in [4.69, 9.17) is 9.05 Å². The molecule has 1 aliphatic rings. The maximum absolute atomic E-state index is 12.8. The van der Waals surface area contributed by atoms with Gasteiger partial charge in [-0.15, -0.1) is 0 Å². The highest BCUT2D eigenvalue weighted by atomic mass is 31.2. The van der Waals surface area contributed by atoms with Gasteiger partial charge in [0, 0.05) is 31.2 Å². The average molecular weight is 326 g/mol. The third kappa shape index (κ3) is 4.28. The molecule has 1 aliphatic carbocycles. The summed E-state index contributed by atoms with van der Waals surface area (Å²) in [5, 5.41) is 0. The number of allylic oxidation sites excluding steroid dienone is 5. The molecule has 0 amide bonds. The molecule has 4 nitrogen and oxygen atoms in total. The molecule has 0 aromatic carbocycles. The van der Waals surface area contributed by atoms with Crippen molar-refractivity contribution in [2.45, 2.75) is 41.5 Å². The molecule has 0 bridgehead atoms. The van der Waals surface area contributed by atoms with Gasteiger partial charge in [0.05, 0.1) is 0 Å². The van der Waals surface area contributed by atoms with Crippen LogP contribution in [0.1, 0.15) is 41.5 Å². The van der Waals surface area contributed by atoms with Crippen LogP contribution >= 0.6 is 7.60 Å². The smallest absolute Gasteiger partial charge is 0.309 e. The van der Waals surface area contributed by atoms with E-state index in [0.29, 0.717) is 16.7 Å². The van der Waals surface area contributed by atoms with Crippen molar-refractivity contribution in [1.29, 1.82) is 0 Å². The van der Waals surface area contributed by atoms with Crippen molar-refractivity contribution in [2.24, 2.45) is 10.8 Å². The van der Waals surface area contributed by atoms with Crippen molar-refractivity contribution in [1.82, 2.24) is 0 Å². The number of ketones is 1. The third-order valence-corrected chi connectivity index (χ3v) is 5.18. The summed E-state index contributed by atoms with van der Waals surface area (Å²) >= 11 is 0. The van der Waals surface area contributed by atoms with Crippen molar-refractivity contribution < 1.29 is 18.4 Å². The fourth-order valence-corrected chi connectivity index (χ4v) is 3.08. The first kappa shape index (κ1) is 19.1. The van der Waals surface area contributed by atoms with Crippen LogP contribution in [0.4, 0.5) is 0 Å². The van der Waals surface area contributed by atoms with Gasteiger partial charge in [-0.05, 0) is 28.6 Å². The fourth-order valence-electron chi connectivity index (χ4n) is 2.20. The van der Waals surface area contributed by atoms with Crippen LogP contribution in [0.25, 0.3) is 0 Å². The van der Waals surface area contributed by atoms with E-state index < -0.39 is 7.60 Å². The molecule has 0 saturated carbocycles.